The van der Waals surface area contributed by atoms with Crippen molar-refractivity contribution in [3.8, 4) is 28.7 Å². The van der Waals surface area contributed by atoms with Crippen molar-refractivity contribution in [1.29, 1.82) is 0 Å². The molecule has 5 aromatic rings. The van der Waals surface area contributed by atoms with E-state index in [4.69, 9.17) is 28.4 Å². The number of nitrogens with zero attached hydrogens (tertiary/aromatic N) is 1. The highest BCUT2D eigenvalue weighted by molar-refractivity contribution is 5.71. The third kappa shape index (κ3) is 14.7. The molecule has 0 aliphatic carbocycles. The molecule has 0 aromatic heterocycles. The van der Waals surface area contributed by atoms with Crippen molar-refractivity contribution in [2.24, 2.45) is 0 Å². The number of benzene rings is 5. The van der Waals surface area contributed by atoms with E-state index in [1.165, 1.54) is 6.07 Å². The summed E-state index contributed by atoms with van der Waals surface area (Å²) >= 11 is 0. The van der Waals surface area contributed by atoms with Crippen molar-refractivity contribution in [3.63, 3.8) is 0 Å². The Labute approximate surface area is 329 Å². The third-order valence-corrected chi connectivity index (χ3v) is 8.15. The van der Waals surface area contributed by atoms with Gasteiger partial charge in [-0.1, -0.05) is 91.0 Å². The quantitative estimate of drug-likeness (QED) is 0.0592. The second-order valence-electron chi connectivity index (χ2n) is 14.0. The van der Waals surface area contributed by atoms with Crippen LogP contribution in [0, 0.1) is 0 Å². The largest absolute Gasteiger partial charge is 0.508 e. The fourth-order valence-electron chi connectivity index (χ4n) is 5.43. The molecule has 1 amide bonds. The minimum atomic E-state index is -0.663. The van der Waals surface area contributed by atoms with Crippen LogP contribution in [0.1, 0.15) is 48.6 Å². The van der Waals surface area contributed by atoms with E-state index in [0.29, 0.717) is 75.6 Å². The highest BCUT2D eigenvalue weighted by Crippen LogP contribution is 2.31. The summed E-state index contributed by atoms with van der Waals surface area (Å²) in [5, 5.41) is 19.3. The van der Waals surface area contributed by atoms with Crippen LogP contribution in [-0.2, 0) is 34.0 Å². The average molecular weight is 762 g/mol. The molecule has 0 bridgehead atoms. The van der Waals surface area contributed by atoms with E-state index in [-0.39, 0.29) is 18.0 Å². The zero-order chi connectivity index (χ0) is 39.6. The SMILES string of the molecule is CC(C)(C)OC(=O)N(CCOCCOCCOc1ccc(/C=C/c2cc(O)cc(O)c2)cc1)Cc1ccc(OCc2ccccc2)c(OCc2ccccc2)c1. The van der Waals surface area contributed by atoms with Crippen LogP contribution in [0.3, 0.4) is 0 Å². The molecule has 0 aliphatic heterocycles. The van der Waals surface area contributed by atoms with Gasteiger partial charge in [0.15, 0.2) is 11.5 Å². The maximum absolute atomic E-state index is 13.3. The molecule has 10 nitrogen and oxygen atoms in total. The number of amides is 1. The Morgan fingerprint density at radius 3 is 1.79 bits per heavy atom. The zero-order valence-corrected chi connectivity index (χ0v) is 32.3. The summed E-state index contributed by atoms with van der Waals surface area (Å²) < 4.78 is 35.5. The second-order valence-corrected chi connectivity index (χ2v) is 14.0. The number of aromatic hydroxyl groups is 2. The molecule has 0 spiro atoms. The summed E-state index contributed by atoms with van der Waals surface area (Å²) in [6.45, 7) is 8.66. The van der Waals surface area contributed by atoms with Crippen LogP contribution in [-0.4, -0.2) is 66.4 Å². The van der Waals surface area contributed by atoms with Crippen LogP contribution < -0.4 is 14.2 Å². The predicted octanol–water partition coefficient (Wildman–Crippen LogP) is 9.28. The first-order chi connectivity index (χ1) is 27.1. The van der Waals surface area contributed by atoms with E-state index in [0.717, 1.165) is 22.3 Å². The summed E-state index contributed by atoms with van der Waals surface area (Å²) in [4.78, 5) is 14.9. The number of ether oxygens (including phenoxy) is 6. The van der Waals surface area contributed by atoms with Crippen molar-refractivity contribution in [1.82, 2.24) is 4.90 Å². The van der Waals surface area contributed by atoms with Crippen LogP contribution in [0.15, 0.2) is 121 Å². The van der Waals surface area contributed by atoms with Crippen LogP contribution in [0.5, 0.6) is 28.7 Å². The van der Waals surface area contributed by atoms with Gasteiger partial charge in [0.2, 0.25) is 0 Å². The summed E-state index contributed by atoms with van der Waals surface area (Å²) in [7, 11) is 0. The average Bonchev–Trinajstić information content (AvgIpc) is 3.18. The predicted molar refractivity (Wildman–Crippen MR) is 217 cm³/mol. The van der Waals surface area contributed by atoms with Gasteiger partial charge < -0.3 is 43.5 Å². The zero-order valence-electron chi connectivity index (χ0n) is 32.3. The van der Waals surface area contributed by atoms with E-state index in [1.807, 2.05) is 136 Å². The standard InChI is InChI=1S/C46H51NO9/c1-46(2,3)56-45(50)47(32-39-18-21-43(54-33-36-10-6-4-7-11-36)44(30-39)55-34-37-12-8-5-9-13-37)22-23-51-24-25-52-26-27-53-42-19-16-35(17-20-42)14-15-38-28-40(48)31-41(49)29-38/h4-21,28-31,48-49H,22-27,32-34H2,1-3H3/b15-14+. The van der Waals surface area contributed by atoms with Gasteiger partial charge in [-0.25, -0.2) is 4.79 Å². The molecule has 0 saturated heterocycles. The lowest BCUT2D eigenvalue weighted by Gasteiger charge is -2.27. The van der Waals surface area contributed by atoms with Crippen molar-refractivity contribution < 1.29 is 43.4 Å². The number of carbonyl (C=O) groups is 1. The van der Waals surface area contributed by atoms with Gasteiger partial charge in [-0.15, -0.1) is 0 Å². The molecule has 0 fully saturated rings. The number of rotatable bonds is 20. The molecule has 2 N–H and O–H groups in total. The normalized spacial score (nSPS) is 11.3. The Kier molecular flexibility index (Phi) is 15.6. The molecule has 5 aromatic carbocycles. The molecule has 0 aliphatic rings. The first kappa shape index (κ1) is 41.2. The van der Waals surface area contributed by atoms with E-state index in [2.05, 4.69) is 0 Å². The van der Waals surface area contributed by atoms with Gasteiger partial charge in [0.1, 0.15) is 42.7 Å². The summed E-state index contributed by atoms with van der Waals surface area (Å²) in [6, 6.07) is 37.6. The Bertz CT molecular complexity index is 1940. The minimum Gasteiger partial charge on any atom is -0.508 e. The molecular weight excluding hydrogens is 711 g/mol. The number of carbonyl (C=O) groups excluding carboxylic acids is 1. The smallest absolute Gasteiger partial charge is 0.410 e. The summed E-state index contributed by atoms with van der Waals surface area (Å²) in [6.07, 6.45) is 3.25. The van der Waals surface area contributed by atoms with Crippen molar-refractivity contribution in [2.45, 2.75) is 46.1 Å². The van der Waals surface area contributed by atoms with E-state index in [1.54, 1.807) is 17.0 Å². The van der Waals surface area contributed by atoms with Gasteiger partial charge in [-0.2, -0.15) is 0 Å². The number of phenols is 2. The second kappa shape index (κ2) is 21.2. The fourth-order valence-corrected chi connectivity index (χ4v) is 5.43. The lowest BCUT2D eigenvalue weighted by molar-refractivity contribution is 0.00704. The van der Waals surface area contributed by atoms with Gasteiger partial charge in [0, 0.05) is 19.2 Å². The maximum atomic E-state index is 13.3. The maximum Gasteiger partial charge on any atom is 0.410 e. The molecular formula is C46H51NO9. The van der Waals surface area contributed by atoms with Crippen molar-refractivity contribution in [2.75, 3.05) is 39.6 Å². The molecule has 0 radical (unpaired) electrons. The Balaban J connectivity index is 1.07. The van der Waals surface area contributed by atoms with E-state index >= 15 is 0 Å². The monoisotopic (exact) mass is 761 g/mol. The Morgan fingerprint density at radius 2 is 1.16 bits per heavy atom. The Morgan fingerprint density at radius 1 is 0.589 bits per heavy atom. The summed E-state index contributed by atoms with van der Waals surface area (Å²) in [5.74, 6) is 1.92. The van der Waals surface area contributed by atoms with Gasteiger partial charge in [-0.3, -0.25) is 0 Å². The van der Waals surface area contributed by atoms with E-state index in [9.17, 15) is 15.0 Å². The Hall–Kier alpha value is -5.97. The van der Waals surface area contributed by atoms with Crippen LogP contribution in [0.4, 0.5) is 4.79 Å². The van der Waals surface area contributed by atoms with Crippen molar-refractivity contribution >= 4 is 18.2 Å². The number of phenolic OH excluding ortho intramolecular Hbond substituents is 2. The first-order valence-corrected chi connectivity index (χ1v) is 18.6. The molecule has 10 heteroatoms. The van der Waals surface area contributed by atoms with Crippen molar-refractivity contribution in [3.05, 3.63) is 149 Å². The van der Waals surface area contributed by atoms with Crippen LogP contribution >= 0.6 is 0 Å². The topological polar surface area (TPSA) is 116 Å². The van der Waals surface area contributed by atoms with E-state index < -0.39 is 11.7 Å². The molecule has 0 unspecified atom stereocenters. The molecule has 5 rings (SSSR count). The van der Waals surface area contributed by atoms with Gasteiger partial charge >= 0.3 is 6.09 Å². The highest BCUT2D eigenvalue weighted by atomic mass is 16.6. The van der Waals surface area contributed by atoms with Gasteiger partial charge in [0.05, 0.1) is 26.4 Å². The van der Waals surface area contributed by atoms with Gasteiger partial charge in [0.25, 0.3) is 0 Å². The number of hydrogen-bond donors (Lipinski definition) is 2. The molecule has 0 saturated carbocycles. The lowest BCUT2D eigenvalue weighted by atomic mass is 10.1. The molecule has 56 heavy (non-hydrogen) atoms. The highest BCUT2D eigenvalue weighted by Gasteiger charge is 2.23. The number of hydrogen-bond acceptors (Lipinski definition) is 9. The minimum absolute atomic E-state index is 0.00611. The molecule has 294 valence electrons. The third-order valence-electron chi connectivity index (χ3n) is 8.15. The van der Waals surface area contributed by atoms with Crippen LogP contribution in [0.2, 0.25) is 0 Å². The van der Waals surface area contributed by atoms with Gasteiger partial charge in [-0.05, 0) is 85.0 Å². The summed E-state index contributed by atoms with van der Waals surface area (Å²) in [5.41, 5.74) is 3.90. The first-order valence-electron chi connectivity index (χ1n) is 18.6. The fraction of sp³-hybridized carbons (Fsp3) is 0.283. The van der Waals surface area contributed by atoms with Crippen LogP contribution in [0.25, 0.3) is 12.2 Å². The molecule has 0 heterocycles. The lowest BCUT2D eigenvalue weighted by Crippen LogP contribution is -2.38. The molecule has 0 atom stereocenters.